The highest BCUT2D eigenvalue weighted by Crippen LogP contribution is 2.52. The van der Waals surface area contributed by atoms with Crippen molar-refractivity contribution in [2.75, 3.05) is 18.6 Å². The maximum absolute atomic E-state index is 14.4. The minimum Gasteiger partial charge on any atom is -0.504 e. The zero-order chi connectivity index (χ0) is 39.8. The van der Waals surface area contributed by atoms with Gasteiger partial charge >= 0.3 is 7.12 Å². The summed E-state index contributed by atoms with van der Waals surface area (Å²) in [6, 6.07) is 33.9. The van der Waals surface area contributed by atoms with Gasteiger partial charge in [0.05, 0.1) is 40.9 Å². The molecule has 0 radical (unpaired) electrons. The van der Waals surface area contributed by atoms with Gasteiger partial charge in [0.2, 0.25) is 11.8 Å². The van der Waals surface area contributed by atoms with E-state index in [9.17, 15) is 19.7 Å². The van der Waals surface area contributed by atoms with E-state index < -0.39 is 39.3 Å². The van der Waals surface area contributed by atoms with Crippen LogP contribution in [0.25, 0.3) is 6.08 Å². The Bertz CT molecular complexity index is 2100. The summed E-state index contributed by atoms with van der Waals surface area (Å²) in [5.74, 6) is -1.49. The second kappa shape index (κ2) is 16.5. The minimum absolute atomic E-state index is 0.111. The first-order chi connectivity index (χ1) is 26.8. The van der Waals surface area contributed by atoms with Gasteiger partial charge in [-0.2, -0.15) is 0 Å². The van der Waals surface area contributed by atoms with E-state index in [4.69, 9.17) is 13.8 Å². The number of nitrogens with zero attached hydrogens (tertiary/aromatic N) is 1. The zero-order valence-corrected chi connectivity index (χ0v) is 35.7. The van der Waals surface area contributed by atoms with E-state index in [1.807, 2.05) is 42.5 Å². The molecule has 0 spiro atoms. The number of carbonyl (C=O) groups excluding carboxylic acids is 2. The van der Waals surface area contributed by atoms with Crippen LogP contribution in [0.3, 0.4) is 0 Å². The smallest absolute Gasteiger partial charge is 0.455 e. The first-order valence-electron chi connectivity index (χ1n) is 19.3. The van der Waals surface area contributed by atoms with Gasteiger partial charge in [-0.1, -0.05) is 111 Å². The Morgan fingerprint density at radius 3 is 2.14 bits per heavy atom. The summed E-state index contributed by atoms with van der Waals surface area (Å²) in [5, 5.41) is 23.7. The standard InChI is InChI=1S/C45H49BINO7Si/c1-29(23-30-24-37(47)42(49)39(25-30)53-5)21-22-38-40-31(28-54-56(45(2,3)4,33-17-11-7-12-18-33)34-19-13-8-14-20-34)26-35-41(36(40)27-46(52)55-38)44(51)48(43(35)50)32-15-9-6-10-16-32/h6-20,23-25,35-36,38,41,49,52H,21-22,26-28H2,1-5H3/b29-23+/t35-,36+,38-,41-/m1/s1. The first-order valence-corrected chi connectivity index (χ1v) is 22.3. The van der Waals surface area contributed by atoms with Crippen LogP contribution in [0, 0.1) is 21.3 Å². The highest BCUT2D eigenvalue weighted by Gasteiger charge is 2.58. The molecule has 0 unspecified atom stereocenters. The number of rotatable bonds is 11. The maximum atomic E-state index is 14.4. The Hall–Kier alpha value is -4.01. The van der Waals surface area contributed by atoms with Crippen LogP contribution in [0.5, 0.6) is 11.5 Å². The summed E-state index contributed by atoms with van der Waals surface area (Å²) in [6.45, 7) is 9.06. The minimum atomic E-state index is -2.98. The molecule has 2 amide bonds. The maximum Gasteiger partial charge on any atom is 0.455 e. The van der Waals surface area contributed by atoms with Gasteiger partial charge in [0.25, 0.3) is 8.32 Å². The molecule has 1 aliphatic carbocycles. The molecule has 2 aliphatic heterocycles. The first kappa shape index (κ1) is 40.2. The number of hydrogen-bond donors (Lipinski definition) is 2. The predicted molar refractivity (Wildman–Crippen MR) is 233 cm³/mol. The van der Waals surface area contributed by atoms with Crippen LogP contribution in [-0.4, -0.2) is 57.2 Å². The van der Waals surface area contributed by atoms with E-state index in [-0.39, 0.29) is 35.5 Å². The lowest BCUT2D eigenvalue weighted by Crippen LogP contribution is -2.66. The number of benzene rings is 4. The van der Waals surface area contributed by atoms with Gasteiger partial charge in [0.15, 0.2) is 11.5 Å². The number of methoxy groups -OCH3 is 1. The van der Waals surface area contributed by atoms with Crippen LogP contribution in [0.2, 0.25) is 11.4 Å². The molecule has 11 heteroatoms. The number of halogens is 1. The molecule has 290 valence electrons. The van der Waals surface area contributed by atoms with E-state index in [1.165, 1.54) is 12.0 Å². The number of anilines is 1. The lowest BCUT2D eigenvalue weighted by atomic mass is 9.58. The van der Waals surface area contributed by atoms with Gasteiger partial charge in [0.1, 0.15) is 0 Å². The summed E-state index contributed by atoms with van der Waals surface area (Å²) in [4.78, 5) is 30.1. The SMILES string of the molecule is COc1cc(/C=C(\C)CC[C@H]2OB(O)C[C@H]3C2=C(CO[Si](c2ccccc2)(c2ccccc2)C(C)(C)C)C[C@H]2C(=O)N(c4ccccc4)C(=O)[C@H]23)cc(I)c1O. The lowest BCUT2D eigenvalue weighted by molar-refractivity contribution is -0.122. The van der Waals surface area contributed by atoms with Crippen LogP contribution in [-0.2, 0) is 18.7 Å². The van der Waals surface area contributed by atoms with E-state index in [0.29, 0.717) is 34.3 Å². The molecule has 0 aromatic heterocycles. The quantitative estimate of drug-likeness (QED) is 0.0687. The molecule has 2 N–H and O–H groups in total. The highest BCUT2D eigenvalue weighted by atomic mass is 127. The summed E-state index contributed by atoms with van der Waals surface area (Å²) < 4.78 is 20.0. The summed E-state index contributed by atoms with van der Waals surface area (Å²) in [7, 11) is -2.53. The molecular weight excluding hydrogens is 832 g/mol. The average Bonchev–Trinajstić information content (AvgIpc) is 3.44. The number of para-hydroxylation sites is 1. The Kier molecular flexibility index (Phi) is 11.8. The molecule has 0 saturated carbocycles. The van der Waals surface area contributed by atoms with Crippen molar-refractivity contribution in [2.24, 2.45) is 17.8 Å². The Morgan fingerprint density at radius 2 is 1.55 bits per heavy atom. The van der Waals surface area contributed by atoms with Crippen LogP contribution < -0.4 is 20.0 Å². The fourth-order valence-electron chi connectivity index (χ4n) is 9.23. The van der Waals surface area contributed by atoms with E-state index in [0.717, 1.165) is 32.7 Å². The molecule has 4 aromatic carbocycles. The fraction of sp³-hybridized carbons (Fsp3) is 0.333. The largest absolute Gasteiger partial charge is 0.504 e. The number of carbonyl (C=O) groups is 2. The summed E-state index contributed by atoms with van der Waals surface area (Å²) >= 11 is 2.10. The highest BCUT2D eigenvalue weighted by molar-refractivity contribution is 14.1. The lowest BCUT2D eigenvalue weighted by Gasteiger charge is -2.46. The van der Waals surface area contributed by atoms with E-state index in [1.54, 1.807) is 12.1 Å². The van der Waals surface area contributed by atoms with Gasteiger partial charge in [-0.15, -0.1) is 0 Å². The van der Waals surface area contributed by atoms with Crippen molar-refractivity contribution in [3.8, 4) is 11.5 Å². The molecular formula is C45H49BINO7Si. The van der Waals surface area contributed by atoms with Crippen molar-refractivity contribution in [3.63, 3.8) is 0 Å². The van der Waals surface area contributed by atoms with Crippen molar-refractivity contribution in [3.05, 3.63) is 129 Å². The third kappa shape index (κ3) is 7.56. The van der Waals surface area contributed by atoms with Crippen LogP contribution in [0.4, 0.5) is 5.69 Å². The van der Waals surface area contributed by atoms with Crippen LogP contribution >= 0.6 is 22.6 Å². The van der Waals surface area contributed by atoms with Crippen molar-refractivity contribution in [2.45, 2.75) is 64.4 Å². The van der Waals surface area contributed by atoms with E-state index in [2.05, 4.69) is 105 Å². The topological polar surface area (TPSA) is 106 Å². The third-order valence-electron chi connectivity index (χ3n) is 11.7. The van der Waals surface area contributed by atoms with Crippen LogP contribution in [0.15, 0.2) is 120 Å². The zero-order valence-electron chi connectivity index (χ0n) is 32.6. The second-order valence-electron chi connectivity index (χ2n) is 16.2. The molecule has 56 heavy (non-hydrogen) atoms. The number of phenols is 1. The molecule has 2 fully saturated rings. The van der Waals surface area contributed by atoms with Gasteiger partial charge in [-0.3, -0.25) is 14.5 Å². The number of phenolic OH excluding ortho intramolecular Hbond substituents is 1. The summed E-state index contributed by atoms with van der Waals surface area (Å²) in [5.41, 5.74) is 4.51. The molecule has 3 aliphatic rings. The number of amides is 2. The molecule has 4 atom stereocenters. The normalized spacial score (nSPS) is 21.7. The third-order valence-corrected chi connectivity index (χ3v) is 17.5. The Balaban J connectivity index is 1.29. The van der Waals surface area contributed by atoms with Gasteiger partial charge in [-0.05, 0) is 117 Å². The average molecular weight is 882 g/mol. The number of hydrogen-bond acceptors (Lipinski definition) is 7. The number of ether oxygens (including phenoxy) is 1. The number of imide groups is 1. The van der Waals surface area contributed by atoms with Gasteiger partial charge < -0.3 is 23.9 Å². The Morgan fingerprint density at radius 1 is 0.946 bits per heavy atom. The molecule has 2 heterocycles. The summed E-state index contributed by atoms with van der Waals surface area (Å²) in [6.07, 6.45) is 3.37. The molecule has 7 rings (SSSR count). The monoisotopic (exact) mass is 881 g/mol. The fourth-order valence-corrected chi connectivity index (χ4v) is 14.4. The van der Waals surface area contributed by atoms with Crippen molar-refractivity contribution in [1.82, 2.24) is 0 Å². The predicted octanol–water partition coefficient (Wildman–Crippen LogP) is 7.77. The van der Waals surface area contributed by atoms with Gasteiger partial charge in [-0.25, -0.2) is 0 Å². The van der Waals surface area contributed by atoms with Crippen LogP contribution in [0.1, 0.15) is 52.5 Å². The molecule has 0 bridgehead atoms. The number of allylic oxidation sites excluding steroid dienone is 1. The van der Waals surface area contributed by atoms with Gasteiger partial charge in [0, 0.05) is 0 Å². The second-order valence-corrected chi connectivity index (χ2v) is 21.7. The molecule has 8 nitrogen and oxygen atoms in total. The van der Waals surface area contributed by atoms with E-state index >= 15 is 0 Å². The number of aromatic hydroxyl groups is 1. The number of fused-ring (bicyclic) bond motifs is 3. The van der Waals surface area contributed by atoms with Crippen molar-refractivity contribution in [1.29, 1.82) is 0 Å². The van der Waals surface area contributed by atoms with Crippen molar-refractivity contribution < 1.29 is 33.5 Å². The Labute approximate surface area is 345 Å². The van der Waals surface area contributed by atoms with Crippen molar-refractivity contribution >= 4 is 72.0 Å². The molecule has 4 aromatic rings. The molecule has 2 saturated heterocycles.